The first-order valence-electron chi connectivity index (χ1n) is 5.95. The molecular formula is C13H16F2O5. The lowest BCUT2D eigenvalue weighted by atomic mass is 10.0. The van der Waals surface area contributed by atoms with Gasteiger partial charge in [0.05, 0.1) is 26.2 Å². The fourth-order valence-electron chi connectivity index (χ4n) is 1.72. The maximum absolute atomic E-state index is 13.5. The number of carbonyl (C=O) groups excluding carboxylic acids is 1. The van der Waals surface area contributed by atoms with Crippen LogP contribution < -0.4 is 4.74 Å². The van der Waals surface area contributed by atoms with Gasteiger partial charge in [0.2, 0.25) is 0 Å². The van der Waals surface area contributed by atoms with Crippen LogP contribution in [0.4, 0.5) is 8.78 Å². The van der Waals surface area contributed by atoms with Gasteiger partial charge in [-0.25, -0.2) is 8.78 Å². The Morgan fingerprint density at radius 1 is 1.35 bits per heavy atom. The molecule has 0 saturated carbocycles. The van der Waals surface area contributed by atoms with E-state index in [1.54, 1.807) is 6.92 Å². The molecule has 1 rings (SSSR count). The van der Waals surface area contributed by atoms with Crippen molar-refractivity contribution in [1.29, 1.82) is 0 Å². The zero-order valence-electron chi connectivity index (χ0n) is 11.1. The summed E-state index contributed by atoms with van der Waals surface area (Å²) in [7, 11) is 1.14. The second-order valence-corrected chi connectivity index (χ2v) is 4.03. The lowest BCUT2D eigenvalue weighted by Crippen LogP contribution is -2.24. The number of aliphatic hydroxyl groups excluding tert-OH is 2. The molecule has 0 amide bonds. The van der Waals surface area contributed by atoms with Crippen molar-refractivity contribution in [2.75, 3.05) is 13.7 Å². The number of benzene rings is 1. The molecule has 0 heterocycles. The number of methoxy groups -OCH3 is 1. The summed E-state index contributed by atoms with van der Waals surface area (Å²) in [6.07, 6.45) is -3.75. The topological polar surface area (TPSA) is 76.0 Å². The molecule has 0 spiro atoms. The summed E-state index contributed by atoms with van der Waals surface area (Å²) >= 11 is 0. The van der Waals surface area contributed by atoms with Crippen molar-refractivity contribution in [2.45, 2.75) is 25.6 Å². The SMILES string of the molecule is CCOC(=O)CC(O)C(O)c1cc(F)cc(F)c1OC. The van der Waals surface area contributed by atoms with E-state index in [2.05, 4.69) is 4.74 Å². The molecule has 2 atom stereocenters. The van der Waals surface area contributed by atoms with Gasteiger partial charge in [-0.2, -0.15) is 0 Å². The summed E-state index contributed by atoms with van der Waals surface area (Å²) in [5.41, 5.74) is -0.276. The highest BCUT2D eigenvalue weighted by molar-refractivity contribution is 5.70. The van der Waals surface area contributed by atoms with E-state index >= 15 is 0 Å². The molecule has 20 heavy (non-hydrogen) atoms. The van der Waals surface area contributed by atoms with Crippen LogP contribution in [0.1, 0.15) is 25.0 Å². The minimum atomic E-state index is -1.68. The number of carbonyl (C=O) groups is 1. The third kappa shape index (κ3) is 3.88. The summed E-state index contributed by atoms with van der Waals surface area (Å²) in [4.78, 5) is 11.2. The zero-order valence-corrected chi connectivity index (χ0v) is 11.1. The highest BCUT2D eigenvalue weighted by atomic mass is 19.1. The molecule has 112 valence electrons. The third-order valence-corrected chi connectivity index (χ3v) is 2.61. The second-order valence-electron chi connectivity index (χ2n) is 4.03. The zero-order chi connectivity index (χ0) is 15.3. The molecule has 0 fully saturated rings. The Bertz CT molecular complexity index is 478. The van der Waals surface area contributed by atoms with Crippen molar-refractivity contribution in [3.63, 3.8) is 0 Å². The van der Waals surface area contributed by atoms with Gasteiger partial charge in [-0.3, -0.25) is 4.79 Å². The summed E-state index contributed by atoms with van der Waals surface area (Å²) in [5, 5.41) is 19.6. The monoisotopic (exact) mass is 290 g/mol. The van der Waals surface area contributed by atoms with Crippen LogP contribution in [0.2, 0.25) is 0 Å². The predicted molar refractivity (Wildman–Crippen MR) is 65.1 cm³/mol. The van der Waals surface area contributed by atoms with Crippen LogP contribution in [0.15, 0.2) is 12.1 Å². The van der Waals surface area contributed by atoms with E-state index in [9.17, 15) is 23.8 Å². The fraction of sp³-hybridized carbons (Fsp3) is 0.462. The molecule has 2 unspecified atom stereocenters. The van der Waals surface area contributed by atoms with Crippen LogP contribution in [0, 0.1) is 11.6 Å². The molecule has 1 aromatic carbocycles. The van der Waals surface area contributed by atoms with Crippen molar-refractivity contribution >= 4 is 5.97 Å². The summed E-state index contributed by atoms with van der Waals surface area (Å²) < 4.78 is 36.0. The van der Waals surface area contributed by atoms with Crippen molar-refractivity contribution < 1.29 is 33.3 Å². The molecule has 2 N–H and O–H groups in total. The molecule has 0 radical (unpaired) electrons. The van der Waals surface area contributed by atoms with Gasteiger partial charge in [-0.05, 0) is 13.0 Å². The highest BCUT2D eigenvalue weighted by Gasteiger charge is 2.27. The number of esters is 1. The minimum Gasteiger partial charge on any atom is -0.493 e. The van der Waals surface area contributed by atoms with Crippen LogP contribution in [-0.4, -0.2) is 36.0 Å². The molecule has 0 saturated heterocycles. The molecule has 5 nitrogen and oxygen atoms in total. The fourth-order valence-corrected chi connectivity index (χ4v) is 1.72. The summed E-state index contributed by atoms with van der Waals surface area (Å²) in [6.45, 7) is 1.71. The number of halogens is 2. The first-order valence-corrected chi connectivity index (χ1v) is 5.95. The van der Waals surface area contributed by atoms with Gasteiger partial charge in [0.25, 0.3) is 0 Å². The Labute approximate surface area is 114 Å². The van der Waals surface area contributed by atoms with Crippen LogP contribution in [-0.2, 0) is 9.53 Å². The van der Waals surface area contributed by atoms with Gasteiger partial charge >= 0.3 is 5.97 Å². The summed E-state index contributed by atoms with van der Waals surface area (Å²) in [5.74, 6) is -3.05. The Morgan fingerprint density at radius 2 is 2.00 bits per heavy atom. The Morgan fingerprint density at radius 3 is 2.55 bits per heavy atom. The van der Waals surface area contributed by atoms with Gasteiger partial charge in [0.15, 0.2) is 11.6 Å². The number of ether oxygens (including phenoxy) is 2. The van der Waals surface area contributed by atoms with Crippen molar-refractivity contribution in [2.24, 2.45) is 0 Å². The third-order valence-electron chi connectivity index (χ3n) is 2.61. The maximum Gasteiger partial charge on any atom is 0.308 e. The largest absolute Gasteiger partial charge is 0.493 e. The molecule has 7 heteroatoms. The highest BCUT2D eigenvalue weighted by Crippen LogP contribution is 2.31. The van der Waals surface area contributed by atoms with Crippen LogP contribution in [0.5, 0.6) is 5.75 Å². The van der Waals surface area contributed by atoms with Crippen LogP contribution in [0.3, 0.4) is 0 Å². The van der Waals surface area contributed by atoms with Crippen molar-refractivity contribution in [3.05, 3.63) is 29.3 Å². The first-order chi connectivity index (χ1) is 9.40. The van der Waals surface area contributed by atoms with E-state index in [0.29, 0.717) is 6.07 Å². The number of aliphatic hydroxyl groups is 2. The van der Waals surface area contributed by atoms with Gasteiger partial charge in [0, 0.05) is 11.6 Å². The quantitative estimate of drug-likeness (QED) is 0.773. The predicted octanol–water partition coefficient (Wildman–Crippen LogP) is 1.32. The Hall–Kier alpha value is -1.73. The lowest BCUT2D eigenvalue weighted by Gasteiger charge is -2.20. The Balaban J connectivity index is 2.96. The second kappa shape index (κ2) is 7.16. The molecular weight excluding hydrogens is 274 g/mol. The van der Waals surface area contributed by atoms with Crippen LogP contribution >= 0.6 is 0 Å². The standard InChI is InChI=1S/C13H16F2O5/c1-3-20-11(17)6-10(16)12(18)8-4-7(14)5-9(15)13(8)19-2/h4-5,10,12,16,18H,3,6H2,1-2H3. The molecule has 0 aliphatic carbocycles. The normalized spacial score (nSPS) is 13.7. The number of hydrogen-bond acceptors (Lipinski definition) is 5. The summed E-state index contributed by atoms with van der Waals surface area (Å²) in [6, 6.07) is 1.42. The van der Waals surface area contributed by atoms with E-state index < -0.39 is 36.2 Å². The molecule has 0 bridgehead atoms. The van der Waals surface area contributed by atoms with Crippen molar-refractivity contribution in [1.82, 2.24) is 0 Å². The van der Waals surface area contributed by atoms with Crippen LogP contribution in [0.25, 0.3) is 0 Å². The van der Waals surface area contributed by atoms with Gasteiger partial charge in [0.1, 0.15) is 11.9 Å². The smallest absolute Gasteiger partial charge is 0.308 e. The average Bonchev–Trinajstić information content (AvgIpc) is 2.37. The minimum absolute atomic E-state index is 0.125. The molecule has 0 aliphatic heterocycles. The number of rotatable bonds is 6. The lowest BCUT2D eigenvalue weighted by molar-refractivity contribution is -0.147. The molecule has 1 aromatic rings. The van der Waals surface area contributed by atoms with E-state index in [1.165, 1.54) is 0 Å². The van der Waals surface area contributed by atoms with E-state index in [0.717, 1.165) is 13.2 Å². The molecule has 0 aromatic heterocycles. The maximum atomic E-state index is 13.5. The number of hydrogen-bond donors (Lipinski definition) is 2. The van der Waals surface area contributed by atoms with Gasteiger partial charge < -0.3 is 19.7 Å². The Kier molecular flexibility index (Phi) is 5.84. The van der Waals surface area contributed by atoms with E-state index in [1.807, 2.05) is 0 Å². The van der Waals surface area contributed by atoms with E-state index in [-0.39, 0.29) is 17.9 Å². The molecule has 0 aliphatic rings. The van der Waals surface area contributed by atoms with Gasteiger partial charge in [-0.1, -0.05) is 0 Å². The first kappa shape index (κ1) is 16.3. The van der Waals surface area contributed by atoms with Gasteiger partial charge in [-0.15, -0.1) is 0 Å². The van der Waals surface area contributed by atoms with Crippen molar-refractivity contribution in [3.8, 4) is 5.75 Å². The van der Waals surface area contributed by atoms with E-state index in [4.69, 9.17) is 4.74 Å². The average molecular weight is 290 g/mol.